The number of pyridine rings is 1. The second-order valence-electron chi connectivity index (χ2n) is 6.23. The van der Waals surface area contributed by atoms with Crippen LogP contribution >= 0.6 is 11.6 Å². The molecule has 104 valence electrons. The Kier molecular flexibility index (Phi) is 3.97. The number of hydrogen-bond acceptors (Lipinski definition) is 2. The molecule has 0 radical (unpaired) electrons. The van der Waals surface area contributed by atoms with Crippen LogP contribution in [0.3, 0.4) is 0 Å². The number of hydrogen-bond donors (Lipinski definition) is 1. The first-order chi connectivity index (χ1) is 9.22. The quantitative estimate of drug-likeness (QED) is 0.785. The fraction of sp³-hybridized carbons (Fsp3) is 0.688. The molecule has 2 nitrogen and oxygen atoms in total. The zero-order valence-electron chi connectivity index (χ0n) is 11.7. The molecule has 2 aliphatic rings. The van der Waals surface area contributed by atoms with E-state index in [4.69, 9.17) is 11.6 Å². The van der Waals surface area contributed by atoms with Crippen LogP contribution in [0.2, 0.25) is 5.15 Å². The number of rotatable bonds is 2. The number of aryl methyl sites for hydroxylation is 1. The average Bonchev–Trinajstić information content (AvgIpc) is 2.42. The van der Waals surface area contributed by atoms with Crippen LogP contribution in [0, 0.1) is 18.8 Å². The second kappa shape index (κ2) is 5.70. The highest BCUT2D eigenvalue weighted by atomic mass is 35.5. The summed E-state index contributed by atoms with van der Waals surface area (Å²) in [7, 11) is 0. The molecule has 3 heteroatoms. The lowest BCUT2D eigenvalue weighted by molar-refractivity contribution is 0.162. The summed E-state index contributed by atoms with van der Waals surface area (Å²) in [5, 5.41) is 4.27. The lowest BCUT2D eigenvalue weighted by atomic mass is 9.69. The summed E-state index contributed by atoms with van der Waals surface area (Å²) < 4.78 is 0. The van der Waals surface area contributed by atoms with Crippen LogP contribution in [-0.2, 0) is 0 Å². The second-order valence-corrected chi connectivity index (χ2v) is 6.61. The molecule has 3 unspecified atom stereocenters. The molecule has 2 fully saturated rings. The Balaban J connectivity index is 1.64. The summed E-state index contributed by atoms with van der Waals surface area (Å²) in [6, 6.07) is 4.57. The first-order valence-corrected chi connectivity index (χ1v) is 8.00. The molecule has 3 rings (SSSR count). The molecule has 2 saturated carbocycles. The number of nitrogens with one attached hydrogen (secondary N) is 1. The molecule has 0 aliphatic heterocycles. The normalized spacial score (nSPS) is 30.7. The van der Waals surface area contributed by atoms with Gasteiger partial charge in [0.2, 0.25) is 0 Å². The Morgan fingerprint density at radius 3 is 2.68 bits per heavy atom. The Hall–Kier alpha value is -0.760. The zero-order chi connectivity index (χ0) is 13.2. The fourth-order valence-electron chi connectivity index (χ4n) is 3.91. The van der Waals surface area contributed by atoms with Gasteiger partial charge in [-0.2, -0.15) is 0 Å². The maximum atomic E-state index is 5.91. The highest BCUT2D eigenvalue weighted by Crippen LogP contribution is 2.41. The number of halogens is 1. The zero-order valence-corrected chi connectivity index (χ0v) is 12.4. The third-order valence-electron chi connectivity index (χ3n) is 4.95. The van der Waals surface area contributed by atoms with Crippen LogP contribution in [0.1, 0.15) is 50.6 Å². The predicted molar refractivity (Wildman–Crippen MR) is 80.7 cm³/mol. The SMILES string of the molecule is Cc1nc(Cl)ccc1NC1CCC2CCCCC2C1. The minimum Gasteiger partial charge on any atom is -0.381 e. The van der Waals surface area contributed by atoms with E-state index in [0.717, 1.165) is 23.2 Å². The fourth-order valence-corrected chi connectivity index (χ4v) is 4.10. The highest BCUT2D eigenvalue weighted by molar-refractivity contribution is 6.29. The van der Waals surface area contributed by atoms with E-state index in [1.165, 1.54) is 44.9 Å². The molecule has 0 spiro atoms. The average molecular weight is 279 g/mol. The molecule has 1 aromatic heterocycles. The molecular formula is C16H23ClN2. The van der Waals surface area contributed by atoms with E-state index in [1.54, 1.807) is 0 Å². The van der Waals surface area contributed by atoms with Crippen molar-refractivity contribution in [1.82, 2.24) is 4.98 Å². The third kappa shape index (κ3) is 3.05. The first kappa shape index (κ1) is 13.2. The first-order valence-electron chi connectivity index (χ1n) is 7.62. The van der Waals surface area contributed by atoms with Gasteiger partial charge in [-0.15, -0.1) is 0 Å². The van der Waals surface area contributed by atoms with Gasteiger partial charge in [0.05, 0.1) is 11.4 Å². The number of fused-ring (bicyclic) bond motifs is 1. The summed E-state index contributed by atoms with van der Waals surface area (Å²) in [4.78, 5) is 4.32. The van der Waals surface area contributed by atoms with Gasteiger partial charge in [0.1, 0.15) is 5.15 Å². The molecule has 0 bridgehead atoms. The van der Waals surface area contributed by atoms with Gasteiger partial charge in [0, 0.05) is 6.04 Å². The molecule has 19 heavy (non-hydrogen) atoms. The highest BCUT2D eigenvalue weighted by Gasteiger charge is 2.32. The van der Waals surface area contributed by atoms with Crippen molar-refractivity contribution < 1.29 is 0 Å². The van der Waals surface area contributed by atoms with E-state index in [-0.39, 0.29) is 0 Å². The van der Waals surface area contributed by atoms with E-state index in [0.29, 0.717) is 11.2 Å². The van der Waals surface area contributed by atoms with Crippen molar-refractivity contribution in [3.8, 4) is 0 Å². The molecule has 2 aliphatic carbocycles. The Morgan fingerprint density at radius 2 is 1.89 bits per heavy atom. The number of aromatic nitrogens is 1. The van der Waals surface area contributed by atoms with Crippen molar-refractivity contribution in [2.24, 2.45) is 11.8 Å². The topological polar surface area (TPSA) is 24.9 Å². The lowest BCUT2D eigenvalue weighted by Crippen LogP contribution is -2.34. The van der Waals surface area contributed by atoms with Gasteiger partial charge in [-0.05, 0) is 50.2 Å². The summed E-state index contributed by atoms with van der Waals surface area (Å²) in [6.45, 7) is 2.03. The van der Waals surface area contributed by atoms with Crippen LogP contribution in [-0.4, -0.2) is 11.0 Å². The molecule has 1 N–H and O–H groups in total. The molecule has 1 heterocycles. The minimum atomic E-state index is 0.582. The summed E-state index contributed by atoms with van der Waals surface area (Å²) in [5.74, 6) is 1.97. The van der Waals surface area contributed by atoms with Gasteiger partial charge in [-0.3, -0.25) is 0 Å². The minimum absolute atomic E-state index is 0.582. The van der Waals surface area contributed by atoms with Crippen LogP contribution < -0.4 is 5.32 Å². The molecule has 0 saturated heterocycles. The monoisotopic (exact) mass is 278 g/mol. The van der Waals surface area contributed by atoms with Crippen molar-refractivity contribution in [2.45, 2.75) is 57.9 Å². The van der Waals surface area contributed by atoms with Crippen molar-refractivity contribution in [3.63, 3.8) is 0 Å². The van der Waals surface area contributed by atoms with E-state index in [2.05, 4.69) is 16.4 Å². The largest absolute Gasteiger partial charge is 0.381 e. The van der Waals surface area contributed by atoms with Gasteiger partial charge in [-0.1, -0.05) is 37.3 Å². The van der Waals surface area contributed by atoms with Gasteiger partial charge < -0.3 is 5.32 Å². The van der Waals surface area contributed by atoms with Gasteiger partial charge >= 0.3 is 0 Å². The van der Waals surface area contributed by atoms with Crippen molar-refractivity contribution in [2.75, 3.05) is 5.32 Å². The summed E-state index contributed by atoms with van der Waals surface area (Å²) in [5.41, 5.74) is 2.17. The standard InChI is InChI=1S/C16H23ClN2/c1-11-15(8-9-16(17)18-11)19-14-7-6-12-4-2-3-5-13(12)10-14/h8-9,12-14,19H,2-7,10H2,1H3. The van der Waals surface area contributed by atoms with Gasteiger partial charge in [0.15, 0.2) is 0 Å². The number of nitrogens with zero attached hydrogens (tertiary/aromatic N) is 1. The summed E-state index contributed by atoms with van der Waals surface area (Å²) >= 11 is 5.91. The lowest BCUT2D eigenvalue weighted by Gasteiger charge is -2.40. The third-order valence-corrected chi connectivity index (χ3v) is 5.16. The van der Waals surface area contributed by atoms with E-state index >= 15 is 0 Å². The van der Waals surface area contributed by atoms with Crippen molar-refractivity contribution in [1.29, 1.82) is 0 Å². The Bertz CT molecular complexity index is 446. The predicted octanol–water partition coefficient (Wildman–Crippen LogP) is 4.81. The molecular weight excluding hydrogens is 256 g/mol. The Morgan fingerprint density at radius 1 is 1.11 bits per heavy atom. The maximum Gasteiger partial charge on any atom is 0.129 e. The molecule has 1 aromatic rings. The van der Waals surface area contributed by atoms with Gasteiger partial charge in [0.25, 0.3) is 0 Å². The molecule has 0 aromatic carbocycles. The summed E-state index contributed by atoms with van der Waals surface area (Å²) in [6.07, 6.45) is 9.87. The van der Waals surface area contributed by atoms with Crippen LogP contribution in [0.15, 0.2) is 12.1 Å². The van der Waals surface area contributed by atoms with E-state index in [9.17, 15) is 0 Å². The number of anilines is 1. The van der Waals surface area contributed by atoms with Crippen LogP contribution in [0.5, 0.6) is 0 Å². The van der Waals surface area contributed by atoms with Crippen molar-refractivity contribution in [3.05, 3.63) is 23.0 Å². The molecule has 3 atom stereocenters. The van der Waals surface area contributed by atoms with E-state index < -0.39 is 0 Å². The smallest absolute Gasteiger partial charge is 0.129 e. The Labute approximate surface area is 121 Å². The van der Waals surface area contributed by atoms with Gasteiger partial charge in [-0.25, -0.2) is 4.98 Å². The maximum absolute atomic E-state index is 5.91. The molecule has 0 amide bonds. The van der Waals surface area contributed by atoms with Crippen LogP contribution in [0.4, 0.5) is 5.69 Å². The van der Waals surface area contributed by atoms with Crippen molar-refractivity contribution >= 4 is 17.3 Å². The van der Waals surface area contributed by atoms with E-state index in [1.807, 2.05) is 13.0 Å². The van der Waals surface area contributed by atoms with Crippen LogP contribution in [0.25, 0.3) is 0 Å².